The molecule has 23 heavy (non-hydrogen) atoms. The van der Waals surface area contributed by atoms with E-state index in [1.807, 2.05) is 0 Å². The lowest BCUT2D eigenvalue weighted by Gasteiger charge is -2.53. The van der Waals surface area contributed by atoms with Gasteiger partial charge < -0.3 is 4.74 Å². The predicted octanol–water partition coefficient (Wildman–Crippen LogP) is 5.35. The van der Waals surface area contributed by atoms with Crippen LogP contribution in [0.5, 0.6) is 5.75 Å². The number of rotatable bonds is 2. The van der Waals surface area contributed by atoms with Crippen molar-refractivity contribution in [3.05, 3.63) is 28.8 Å². The maximum atomic E-state index is 9.79. The fraction of sp³-hybridized carbons (Fsp3) is 0.667. The van der Waals surface area contributed by atoms with Gasteiger partial charge in [-0.15, -0.1) is 0 Å². The van der Waals surface area contributed by atoms with Crippen molar-refractivity contribution in [1.82, 2.24) is 0 Å². The van der Waals surface area contributed by atoms with Crippen molar-refractivity contribution in [1.29, 1.82) is 5.26 Å². The Morgan fingerprint density at radius 2 is 2.00 bits per heavy atom. The topological polar surface area (TPSA) is 33.0 Å². The van der Waals surface area contributed by atoms with Crippen LogP contribution in [-0.2, 0) is 11.8 Å². The van der Waals surface area contributed by atoms with Gasteiger partial charge in [-0.2, -0.15) is 5.26 Å². The minimum atomic E-state index is -0.186. The fourth-order valence-electron chi connectivity index (χ4n) is 5.28. The van der Waals surface area contributed by atoms with E-state index in [0.29, 0.717) is 11.8 Å². The maximum absolute atomic E-state index is 9.79. The maximum Gasteiger partial charge on any atom is 0.122 e. The Labute approximate surface area is 140 Å². The highest BCUT2D eigenvalue weighted by Gasteiger charge is 2.52. The van der Waals surface area contributed by atoms with Crippen molar-refractivity contribution < 1.29 is 4.74 Å². The number of methoxy groups -OCH3 is 1. The van der Waals surface area contributed by atoms with Crippen LogP contribution in [0.4, 0.5) is 0 Å². The lowest BCUT2D eigenvalue weighted by atomic mass is 9.50. The van der Waals surface area contributed by atoms with Crippen LogP contribution < -0.4 is 4.74 Å². The van der Waals surface area contributed by atoms with E-state index in [2.05, 4.69) is 45.9 Å². The zero-order valence-corrected chi connectivity index (χ0v) is 15.2. The lowest BCUT2D eigenvalue weighted by molar-refractivity contribution is 0.0686. The molecule has 1 saturated carbocycles. The fourth-order valence-corrected chi connectivity index (χ4v) is 5.28. The molecule has 0 amide bonds. The van der Waals surface area contributed by atoms with Gasteiger partial charge in [0.1, 0.15) is 5.75 Å². The van der Waals surface area contributed by atoms with Gasteiger partial charge in [-0.05, 0) is 72.6 Å². The predicted molar refractivity (Wildman–Crippen MR) is 93.8 cm³/mol. The van der Waals surface area contributed by atoms with E-state index >= 15 is 0 Å². The van der Waals surface area contributed by atoms with Gasteiger partial charge in [0.05, 0.1) is 18.6 Å². The Bertz CT molecular complexity index is 657. The number of fused-ring (bicyclic) bond motifs is 3. The molecule has 0 heterocycles. The molecule has 1 aromatic carbocycles. The number of ether oxygens (including phenoxy) is 1. The third-order valence-corrected chi connectivity index (χ3v) is 6.58. The highest BCUT2D eigenvalue weighted by atomic mass is 16.5. The first-order chi connectivity index (χ1) is 10.9. The van der Waals surface area contributed by atoms with Crippen LogP contribution in [0.15, 0.2) is 12.1 Å². The van der Waals surface area contributed by atoms with Crippen molar-refractivity contribution in [2.75, 3.05) is 7.11 Å². The van der Waals surface area contributed by atoms with Gasteiger partial charge in [0.15, 0.2) is 0 Å². The summed E-state index contributed by atoms with van der Waals surface area (Å²) in [7, 11) is 1.77. The van der Waals surface area contributed by atoms with Crippen LogP contribution in [0.3, 0.4) is 0 Å². The first kappa shape index (κ1) is 16.4. The summed E-state index contributed by atoms with van der Waals surface area (Å²) in [6, 6.07) is 7.33. The summed E-state index contributed by atoms with van der Waals surface area (Å²) in [5.41, 5.74) is 4.16. The average Bonchev–Trinajstić information content (AvgIpc) is 2.53. The van der Waals surface area contributed by atoms with Crippen LogP contribution in [-0.4, -0.2) is 7.11 Å². The molecule has 0 bridgehead atoms. The van der Waals surface area contributed by atoms with E-state index in [0.717, 1.165) is 31.4 Å². The van der Waals surface area contributed by atoms with Gasteiger partial charge in [-0.3, -0.25) is 0 Å². The third kappa shape index (κ3) is 2.36. The number of benzene rings is 1. The first-order valence-corrected chi connectivity index (χ1v) is 8.98. The number of nitrogens with zero attached hydrogens (tertiary/aromatic N) is 1. The van der Waals surface area contributed by atoms with Crippen molar-refractivity contribution >= 4 is 0 Å². The van der Waals surface area contributed by atoms with Gasteiger partial charge in [-0.25, -0.2) is 0 Å². The van der Waals surface area contributed by atoms with Gasteiger partial charge in [0, 0.05) is 0 Å². The molecule has 0 radical (unpaired) electrons. The molecule has 0 saturated heterocycles. The van der Waals surface area contributed by atoms with Crippen LogP contribution in [0.1, 0.15) is 76.0 Å². The summed E-state index contributed by atoms with van der Waals surface area (Å²) in [5.74, 6) is 1.94. The Kier molecular flexibility index (Phi) is 3.95. The van der Waals surface area contributed by atoms with E-state index in [1.54, 1.807) is 7.11 Å². The standard InChI is InChI=1S/C21H29NO/c1-14(2)16-11-15-7-8-19-20(3,13-22)9-6-10-21(19,4)17(15)12-18(16)23-5/h11-12,14,19H,6-10H2,1-5H3. The molecule has 1 aromatic rings. The highest BCUT2D eigenvalue weighted by molar-refractivity contribution is 5.49. The quantitative estimate of drug-likeness (QED) is 0.737. The number of aryl methyl sites for hydroxylation is 1. The molecule has 0 aromatic heterocycles. The monoisotopic (exact) mass is 311 g/mol. The largest absolute Gasteiger partial charge is 0.496 e. The Morgan fingerprint density at radius 1 is 1.26 bits per heavy atom. The molecule has 3 atom stereocenters. The molecule has 0 spiro atoms. The summed E-state index contributed by atoms with van der Waals surface area (Å²) in [6.07, 6.45) is 5.60. The molecule has 2 heteroatoms. The van der Waals surface area contributed by atoms with Crippen molar-refractivity contribution in [2.45, 2.75) is 71.1 Å². The summed E-state index contributed by atoms with van der Waals surface area (Å²) in [5, 5.41) is 9.79. The van der Waals surface area contributed by atoms with Gasteiger partial charge in [0.2, 0.25) is 0 Å². The number of hydrogen-bond donors (Lipinski definition) is 0. The minimum Gasteiger partial charge on any atom is -0.496 e. The number of hydrogen-bond acceptors (Lipinski definition) is 2. The Hall–Kier alpha value is -1.49. The molecule has 0 N–H and O–H groups in total. The molecule has 3 rings (SSSR count). The smallest absolute Gasteiger partial charge is 0.122 e. The first-order valence-electron chi connectivity index (χ1n) is 8.98. The normalized spacial score (nSPS) is 32.8. The molecular weight excluding hydrogens is 282 g/mol. The lowest BCUT2D eigenvalue weighted by Crippen LogP contribution is -2.48. The molecule has 2 aliphatic rings. The molecule has 1 fully saturated rings. The molecule has 3 unspecified atom stereocenters. The van der Waals surface area contributed by atoms with Crippen LogP contribution in [0.2, 0.25) is 0 Å². The van der Waals surface area contributed by atoms with Crippen LogP contribution in [0.25, 0.3) is 0 Å². The SMILES string of the molecule is COc1cc2c(cc1C(C)C)CCC1C(C)(C#N)CCCC21C. The molecule has 2 nitrogen and oxygen atoms in total. The zero-order chi connectivity index (χ0) is 16.8. The second-order valence-corrected chi connectivity index (χ2v) is 8.30. The second kappa shape index (κ2) is 5.55. The van der Waals surface area contributed by atoms with E-state index in [4.69, 9.17) is 4.74 Å². The van der Waals surface area contributed by atoms with Crippen molar-refractivity contribution in [3.8, 4) is 11.8 Å². The molecule has 124 valence electrons. The van der Waals surface area contributed by atoms with Crippen molar-refractivity contribution in [3.63, 3.8) is 0 Å². The highest BCUT2D eigenvalue weighted by Crippen LogP contribution is 2.57. The summed E-state index contributed by atoms with van der Waals surface area (Å²) >= 11 is 0. The van der Waals surface area contributed by atoms with Crippen LogP contribution >= 0.6 is 0 Å². The van der Waals surface area contributed by atoms with E-state index in [-0.39, 0.29) is 10.8 Å². The number of nitriles is 1. The van der Waals surface area contributed by atoms with Gasteiger partial charge in [-0.1, -0.05) is 33.3 Å². The van der Waals surface area contributed by atoms with Crippen molar-refractivity contribution in [2.24, 2.45) is 11.3 Å². The second-order valence-electron chi connectivity index (χ2n) is 8.30. The van der Waals surface area contributed by atoms with Gasteiger partial charge >= 0.3 is 0 Å². The summed E-state index contributed by atoms with van der Waals surface area (Å²) in [4.78, 5) is 0. The van der Waals surface area contributed by atoms with E-state index in [9.17, 15) is 5.26 Å². The molecular formula is C21H29NO. The summed E-state index contributed by atoms with van der Waals surface area (Å²) in [6.45, 7) is 9.02. The van der Waals surface area contributed by atoms with Gasteiger partial charge in [0.25, 0.3) is 0 Å². The average molecular weight is 311 g/mol. The molecule has 2 aliphatic carbocycles. The zero-order valence-electron chi connectivity index (χ0n) is 15.2. The molecule has 0 aliphatic heterocycles. The summed E-state index contributed by atoms with van der Waals surface area (Å²) < 4.78 is 5.71. The minimum absolute atomic E-state index is 0.110. The van der Waals surface area contributed by atoms with E-state index in [1.165, 1.54) is 23.1 Å². The third-order valence-electron chi connectivity index (χ3n) is 6.58. The van der Waals surface area contributed by atoms with E-state index < -0.39 is 0 Å². The Balaban J connectivity index is 2.15. The van der Waals surface area contributed by atoms with Crippen LogP contribution in [0, 0.1) is 22.7 Å². The Morgan fingerprint density at radius 3 is 2.61 bits per heavy atom.